The highest BCUT2D eigenvalue weighted by Crippen LogP contribution is 2.21. The number of nitrogens with one attached hydrogen (secondary N) is 1. The first-order valence-electron chi connectivity index (χ1n) is 7.60. The highest BCUT2D eigenvalue weighted by molar-refractivity contribution is 6.31. The van der Waals surface area contributed by atoms with Gasteiger partial charge >= 0.3 is 5.97 Å². The fraction of sp³-hybridized carbons (Fsp3) is 0.158. The zero-order valence-corrected chi connectivity index (χ0v) is 14.3. The number of benzene rings is 2. The molecule has 0 aliphatic carbocycles. The highest BCUT2D eigenvalue weighted by atomic mass is 35.5. The lowest BCUT2D eigenvalue weighted by molar-refractivity contribution is -0.144. The van der Waals surface area contributed by atoms with Gasteiger partial charge in [0.25, 0.3) is 5.91 Å². The molecule has 2 rings (SSSR count). The number of hydrogen-bond acceptors (Lipinski definition) is 3. The summed E-state index contributed by atoms with van der Waals surface area (Å²) in [5.41, 5.74) is 1.43. The first kappa shape index (κ1) is 18.7. The molecule has 0 radical (unpaired) electrons. The van der Waals surface area contributed by atoms with Gasteiger partial charge in [-0.1, -0.05) is 41.9 Å². The molecule has 1 N–H and O–H groups in total. The summed E-state index contributed by atoms with van der Waals surface area (Å²) < 4.78 is 17.6. The Bertz CT molecular complexity index is 774. The van der Waals surface area contributed by atoms with Gasteiger partial charge in [0.05, 0.1) is 6.04 Å². The monoisotopic (exact) mass is 361 g/mol. The summed E-state index contributed by atoms with van der Waals surface area (Å²) in [4.78, 5) is 23.5. The maximum atomic E-state index is 12.8. The molecule has 0 spiro atoms. The molecule has 4 nitrogen and oxygen atoms in total. The summed E-state index contributed by atoms with van der Waals surface area (Å²) in [6.45, 7) is 1.39. The third-order valence-corrected chi connectivity index (χ3v) is 3.72. The van der Waals surface area contributed by atoms with Crippen LogP contribution in [0.2, 0.25) is 5.02 Å². The Morgan fingerprint density at radius 3 is 2.56 bits per heavy atom. The zero-order valence-electron chi connectivity index (χ0n) is 13.5. The van der Waals surface area contributed by atoms with Crippen LogP contribution in [-0.2, 0) is 14.3 Å². The summed E-state index contributed by atoms with van der Waals surface area (Å²) in [5, 5.41) is 3.26. The number of halogens is 2. The third-order valence-electron chi connectivity index (χ3n) is 3.38. The molecular formula is C19H17ClFNO3. The van der Waals surface area contributed by atoms with Crippen molar-refractivity contribution in [1.29, 1.82) is 0 Å². The number of amides is 1. The molecule has 0 unspecified atom stereocenters. The summed E-state index contributed by atoms with van der Waals surface area (Å²) in [7, 11) is 0. The van der Waals surface area contributed by atoms with Crippen molar-refractivity contribution in [3.63, 3.8) is 0 Å². The van der Waals surface area contributed by atoms with Gasteiger partial charge in [0, 0.05) is 11.1 Å². The second-order valence-corrected chi connectivity index (χ2v) is 5.71. The first-order valence-corrected chi connectivity index (χ1v) is 7.97. The van der Waals surface area contributed by atoms with Crippen LogP contribution in [0.15, 0.2) is 54.6 Å². The summed E-state index contributed by atoms with van der Waals surface area (Å²) in [6, 6.07) is 12.5. The number of carbonyl (C=O) groups is 2. The number of esters is 1. The van der Waals surface area contributed by atoms with Crippen molar-refractivity contribution in [2.24, 2.45) is 0 Å². The van der Waals surface area contributed by atoms with Crippen molar-refractivity contribution >= 4 is 29.6 Å². The average molecular weight is 362 g/mol. The minimum atomic E-state index is -0.662. The Morgan fingerprint density at radius 1 is 1.20 bits per heavy atom. The van der Waals surface area contributed by atoms with E-state index in [-0.39, 0.29) is 11.9 Å². The van der Waals surface area contributed by atoms with Gasteiger partial charge in [0.1, 0.15) is 5.82 Å². The second kappa shape index (κ2) is 8.99. The van der Waals surface area contributed by atoms with Crippen LogP contribution in [0.4, 0.5) is 4.39 Å². The Kier molecular flexibility index (Phi) is 6.71. The predicted octanol–water partition coefficient (Wildman–Crippen LogP) is 3.91. The molecule has 2 aromatic carbocycles. The number of rotatable bonds is 6. The smallest absolute Gasteiger partial charge is 0.331 e. The van der Waals surface area contributed by atoms with E-state index in [0.29, 0.717) is 10.6 Å². The predicted molar refractivity (Wildman–Crippen MR) is 94.4 cm³/mol. The number of hydrogen-bond donors (Lipinski definition) is 1. The molecule has 1 amide bonds. The van der Waals surface area contributed by atoms with Gasteiger partial charge in [0.2, 0.25) is 0 Å². The van der Waals surface area contributed by atoms with E-state index in [1.165, 1.54) is 36.4 Å². The van der Waals surface area contributed by atoms with Crippen LogP contribution < -0.4 is 5.32 Å². The van der Waals surface area contributed by atoms with Crippen molar-refractivity contribution in [2.75, 3.05) is 6.61 Å². The minimum absolute atomic E-state index is 0.311. The van der Waals surface area contributed by atoms with E-state index in [9.17, 15) is 14.0 Å². The Labute approximate surface area is 150 Å². The van der Waals surface area contributed by atoms with Crippen molar-refractivity contribution < 1.29 is 18.7 Å². The van der Waals surface area contributed by atoms with Crippen LogP contribution in [0.5, 0.6) is 0 Å². The topological polar surface area (TPSA) is 55.4 Å². The normalized spacial score (nSPS) is 12.0. The largest absolute Gasteiger partial charge is 0.452 e. The standard InChI is InChI=1S/C19H17ClFNO3/c1-13(16-4-2-3-5-17(16)20)22-18(23)12-25-19(24)11-8-14-6-9-15(21)10-7-14/h2-11,13H,12H2,1H3,(H,22,23)/b11-8+/t13-/m1/s1. The van der Waals surface area contributed by atoms with E-state index in [0.717, 1.165) is 5.56 Å². The Balaban J connectivity index is 1.80. The quantitative estimate of drug-likeness (QED) is 0.627. The molecule has 25 heavy (non-hydrogen) atoms. The van der Waals surface area contributed by atoms with Gasteiger partial charge in [-0.05, 0) is 42.3 Å². The van der Waals surface area contributed by atoms with E-state index < -0.39 is 18.5 Å². The van der Waals surface area contributed by atoms with E-state index in [4.69, 9.17) is 16.3 Å². The molecule has 2 aromatic rings. The summed E-state index contributed by atoms with van der Waals surface area (Å²) >= 11 is 6.07. The molecule has 0 aromatic heterocycles. The highest BCUT2D eigenvalue weighted by Gasteiger charge is 2.13. The molecule has 1 atom stereocenters. The van der Waals surface area contributed by atoms with Crippen LogP contribution in [0.1, 0.15) is 24.1 Å². The van der Waals surface area contributed by atoms with Crippen LogP contribution in [0.3, 0.4) is 0 Å². The summed E-state index contributed by atoms with van der Waals surface area (Å²) in [5.74, 6) is -1.45. The van der Waals surface area contributed by atoms with Crippen LogP contribution in [0, 0.1) is 5.82 Å². The van der Waals surface area contributed by atoms with E-state index in [2.05, 4.69) is 5.32 Å². The van der Waals surface area contributed by atoms with E-state index in [1.54, 1.807) is 19.1 Å². The van der Waals surface area contributed by atoms with Crippen molar-refractivity contribution in [3.8, 4) is 0 Å². The fourth-order valence-corrected chi connectivity index (χ4v) is 2.41. The number of carbonyl (C=O) groups excluding carboxylic acids is 2. The molecule has 0 heterocycles. The first-order chi connectivity index (χ1) is 12.0. The van der Waals surface area contributed by atoms with E-state index in [1.807, 2.05) is 12.1 Å². The van der Waals surface area contributed by atoms with Gasteiger partial charge in [0.15, 0.2) is 6.61 Å². The maximum absolute atomic E-state index is 12.8. The Hall–Kier alpha value is -2.66. The molecule has 0 saturated carbocycles. The van der Waals surface area contributed by atoms with Gasteiger partial charge in [-0.25, -0.2) is 9.18 Å². The van der Waals surface area contributed by atoms with E-state index >= 15 is 0 Å². The third kappa shape index (κ3) is 6.04. The van der Waals surface area contributed by atoms with Crippen LogP contribution >= 0.6 is 11.6 Å². The molecule has 0 aliphatic heterocycles. The number of ether oxygens (including phenoxy) is 1. The van der Waals surface area contributed by atoms with Crippen LogP contribution in [-0.4, -0.2) is 18.5 Å². The lowest BCUT2D eigenvalue weighted by Crippen LogP contribution is -2.31. The maximum Gasteiger partial charge on any atom is 0.331 e. The fourth-order valence-electron chi connectivity index (χ4n) is 2.11. The van der Waals surface area contributed by atoms with Crippen molar-refractivity contribution in [1.82, 2.24) is 5.32 Å². The molecule has 0 bridgehead atoms. The van der Waals surface area contributed by atoms with Crippen LogP contribution in [0.25, 0.3) is 6.08 Å². The van der Waals surface area contributed by atoms with Gasteiger partial charge < -0.3 is 10.1 Å². The SMILES string of the molecule is C[C@@H](NC(=O)COC(=O)/C=C/c1ccc(F)cc1)c1ccccc1Cl. The lowest BCUT2D eigenvalue weighted by Gasteiger charge is -2.15. The van der Waals surface area contributed by atoms with Gasteiger partial charge in [-0.3, -0.25) is 4.79 Å². The minimum Gasteiger partial charge on any atom is -0.452 e. The lowest BCUT2D eigenvalue weighted by atomic mass is 10.1. The Morgan fingerprint density at radius 2 is 1.88 bits per heavy atom. The molecule has 0 fully saturated rings. The molecule has 6 heteroatoms. The molecular weight excluding hydrogens is 345 g/mol. The van der Waals surface area contributed by atoms with Crippen molar-refractivity contribution in [3.05, 3.63) is 76.6 Å². The second-order valence-electron chi connectivity index (χ2n) is 5.30. The zero-order chi connectivity index (χ0) is 18.2. The average Bonchev–Trinajstić information content (AvgIpc) is 2.59. The van der Waals surface area contributed by atoms with Crippen molar-refractivity contribution in [2.45, 2.75) is 13.0 Å². The van der Waals surface area contributed by atoms with Gasteiger partial charge in [-0.15, -0.1) is 0 Å². The molecule has 0 aliphatic rings. The van der Waals surface area contributed by atoms with Gasteiger partial charge in [-0.2, -0.15) is 0 Å². The molecule has 130 valence electrons. The molecule has 0 saturated heterocycles. The summed E-state index contributed by atoms with van der Waals surface area (Å²) in [6.07, 6.45) is 2.66.